The van der Waals surface area contributed by atoms with Crippen molar-refractivity contribution in [3.63, 3.8) is 0 Å². The van der Waals surface area contributed by atoms with E-state index in [-0.39, 0.29) is 46.5 Å². The monoisotopic (exact) mass is 557 g/mol. The lowest BCUT2D eigenvalue weighted by atomic mass is 9.88. The van der Waals surface area contributed by atoms with E-state index in [9.17, 15) is 13.9 Å². The number of hydrogen-bond acceptors (Lipinski definition) is 5. The molecule has 0 spiro atoms. The van der Waals surface area contributed by atoms with E-state index in [1.807, 2.05) is 0 Å². The Morgan fingerprint density at radius 3 is 2.76 bits per heavy atom. The Balaban J connectivity index is 1.39. The fourth-order valence-corrected chi connectivity index (χ4v) is 7.43. The summed E-state index contributed by atoms with van der Waals surface area (Å²) in [7, 11) is 0. The normalized spacial score (nSPS) is 22.9. The van der Waals surface area contributed by atoms with Gasteiger partial charge in [-0.1, -0.05) is 24.8 Å². The van der Waals surface area contributed by atoms with Gasteiger partial charge in [-0.15, -0.1) is 6.42 Å². The van der Waals surface area contributed by atoms with Crippen LogP contribution in [0.4, 0.5) is 13.2 Å². The summed E-state index contributed by atoms with van der Waals surface area (Å²) in [5.41, 5.74) is 1.11. The zero-order chi connectivity index (χ0) is 28.3. The number of benzene rings is 3. The molecule has 2 saturated heterocycles. The smallest absolute Gasteiger partial charge is 0.317 e. The van der Waals surface area contributed by atoms with Crippen molar-refractivity contribution in [1.82, 2.24) is 14.9 Å². The maximum absolute atomic E-state index is 16.6. The number of rotatable bonds is 5. The average Bonchev–Trinajstić information content (AvgIpc) is 3.69. The van der Waals surface area contributed by atoms with Crippen LogP contribution in [0.1, 0.15) is 62.0 Å². The van der Waals surface area contributed by atoms with Gasteiger partial charge in [0.2, 0.25) is 0 Å². The third-order valence-electron chi connectivity index (χ3n) is 9.33. The van der Waals surface area contributed by atoms with Gasteiger partial charge in [0, 0.05) is 35.5 Å². The lowest BCUT2D eigenvalue weighted by molar-refractivity contribution is 0.107. The minimum absolute atomic E-state index is 0.00854. The number of phenols is 1. The van der Waals surface area contributed by atoms with Gasteiger partial charge in [0.05, 0.1) is 11.1 Å². The molecule has 41 heavy (non-hydrogen) atoms. The number of aromatic hydroxyl groups is 1. The summed E-state index contributed by atoms with van der Waals surface area (Å²) in [5, 5.41) is 12.0. The molecule has 0 unspecified atom stereocenters. The maximum atomic E-state index is 16.6. The molecule has 1 N–H and O–H groups in total. The van der Waals surface area contributed by atoms with Crippen molar-refractivity contribution in [2.45, 2.75) is 62.6 Å². The van der Waals surface area contributed by atoms with E-state index in [4.69, 9.17) is 11.2 Å². The summed E-state index contributed by atoms with van der Waals surface area (Å²) in [5.74, 6) is 1.29. The molecule has 4 aromatic rings. The van der Waals surface area contributed by atoms with E-state index >= 15 is 4.39 Å². The minimum atomic E-state index is -0.889. The molecule has 0 amide bonds. The van der Waals surface area contributed by atoms with Gasteiger partial charge >= 0.3 is 6.01 Å². The topological polar surface area (TPSA) is 58.5 Å². The molecule has 3 heterocycles. The number of alkyl halides is 1. The van der Waals surface area contributed by atoms with Gasteiger partial charge in [-0.05, 0) is 78.9 Å². The SMILES string of the molecule is C#Cc1c(F)ccc2cc(O)cc(-c3cc(C4CCCC4)c4cnc(OC[C@@]56CCCN5C[C@H](F)C6)nc4c3F)c12. The third kappa shape index (κ3) is 4.29. The molecule has 3 fully saturated rings. The van der Waals surface area contributed by atoms with Gasteiger partial charge in [-0.25, -0.2) is 18.2 Å². The quantitative estimate of drug-likeness (QED) is 0.267. The average molecular weight is 558 g/mol. The third-order valence-corrected chi connectivity index (χ3v) is 9.33. The summed E-state index contributed by atoms with van der Waals surface area (Å²) in [4.78, 5) is 11.1. The fraction of sp³-hybridized carbons (Fsp3) is 0.394. The van der Waals surface area contributed by atoms with Crippen LogP contribution in [0.25, 0.3) is 32.8 Å². The van der Waals surface area contributed by atoms with E-state index in [0.29, 0.717) is 34.7 Å². The highest BCUT2D eigenvalue weighted by molar-refractivity contribution is 6.03. The van der Waals surface area contributed by atoms with Crippen LogP contribution in [-0.4, -0.2) is 51.4 Å². The number of halogens is 3. The van der Waals surface area contributed by atoms with Gasteiger partial charge in [0.25, 0.3) is 0 Å². The molecular weight excluding hydrogens is 527 g/mol. The van der Waals surface area contributed by atoms with Crippen molar-refractivity contribution < 1.29 is 23.0 Å². The van der Waals surface area contributed by atoms with Crippen molar-refractivity contribution in [3.05, 3.63) is 59.3 Å². The number of phenolic OH excluding ortho intramolecular Hbond substituents is 1. The lowest BCUT2D eigenvalue weighted by Gasteiger charge is -2.30. The van der Waals surface area contributed by atoms with Crippen LogP contribution >= 0.6 is 0 Å². The molecule has 2 atom stereocenters. The van der Waals surface area contributed by atoms with Crippen LogP contribution in [-0.2, 0) is 0 Å². The molecule has 7 rings (SSSR count). The van der Waals surface area contributed by atoms with Crippen molar-refractivity contribution in [1.29, 1.82) is 0 Å². The van der Waals surface area contributed by atoms with Crippen LogP contribution in [0.2, 0.25) is 0 Å². The van der Waals surface area contributed by atoms with Crippen LogP contribution in [0.15, 0.2) is 36.5 Å². The fourth-order valence-electron chi connectivity index (χ4n) is 7.43. The van der Waals surface area contributed by atoms with Crippen molar-refractivity contribution >= 4 is 21.7 Å². The van der Waals surface area contributed by atoms with Gasteiger partial charge < -0.3 is 9.84 Å². The highest BCUT2D eigenvalue weighted by atomic mass is 19.1. The van der Waals surface area contributed by atoms with Crippen LogP contribution in [0, 0.1) is 24.0 Å². The molecule has 1 saturated carbocycles. The van der Waals surface area contributed by atoms with E-state index in [1.54, 1.807) is 12.3 Å². The van der Waals surface area contributed by atoms with Gasteiger partial charge in [-0.3, -0.25) is 4.90 Å². The first-order chi connectivity index (χ1) is 19.9. The predicted octanol–water partition coefficient (Wildman–Crippen LogP) is 7.03. The molecule has 0 radical (unpaired) electrons. The second-order valence-corrected chi connectivity index (χ2v) is 11.7. The molecule has 8 heteroatoms. The minimum Gasteiger partial charge on any atom is -0.508 e. The van der Waals surface area contributed by atoms with E-state index in [1.165, 1.54) is 24.3 Å². The highest BCUT2D eigenvalue weighted by Gasteiger charge is 2.49. The van der Waals surface area contributed by atoms with E-state index in [2.05, 4.69) is 20.8 Å². The molecular formula is C33H30F3N3O2. The predicted molar refractivity (Wildman–Crippen MR) is 152 cm³/mol. The Bertz CT molecular complexity index is 1730. The summed E-state index contributed by atoms with van der Waals surface area (Å²) in [6.45, 7) is 1.48. The Kier molecular flexibility index (Phi) is 6.31. The van der Waals surface area contributed by atoms with E-state index < -0.39 is 17.8 Å². The summed E-state index contributed by atoms with van der Waals surface area (Å²) in [6.07, 6.45) is 12.7. The molecule has 210 valence electrons. The molecule has 2 aliphatic heterocycles. The number of ether oxygens (including phenoxy) is 1. The van der Waals surface area contributed by atoms with Crippen LogP contribution in [0.3, 0.4) is 0 Å². The Morgan fingerprint density at radius 2 is 1.95 bits per heavy atom. The molecule has 3 aliphatic rings. The zero-order valence-electron chi connectivity index (χ0n) is 22.6. The summed E-state index contributed by atoms with van der Waals surface area (Å²) >= 11 is 0. The maximum Gasteiger partial charge on any atom is 0.317 e. The van der Waals surface area contributed by atoms with Gasteiger partial charge in [-0.2, -0.15) is 4.98 Å². The Hall–Kier alpha value is -3.83. The number of aromatic nitrogens is 2. The zero-order valence-corrected chi connectivity index (χ0v) is 22.6. The first kappa shape index (κ1) is 26.1. The summed E-state index contributed by atoms with van der Waals surface area (Å²) in [6, 6.07) is 7.50. The largest absolute Gasteiger partial charge is 0.508 e. The van der Waals surface area contributed by atoms with Crippen molar-refractivity contribution in [2.24, 2.45) is 0 Å². The molecule has 1 aliphatic carbocycles. The standard InChI is InChI=1S/C33H30F3N3O2/c1-2-23-28(35)9-8-20-12-22(40)13-25(29(20)23)26-14-24(19-6-3-4-7-19)27-16-37-32(38-31(27)30(26)36)41-18-33-10-5-11-39(33)17-21(34)15-33/h1,8-9,12-14,16,19,21,40H,3-7,10-11,15,17-18H2/t21-,33+/m1/s1. The summed E-state index contributed by atoms with van der Waals surface area (Å²) < 4.78 is 51.7. The van der Waals surface area contributed by atoms with Crippen LogP contribution in [0.5, 0.6) is 11.8 Å². The molecule has 5 nitrogen and oxygen atoms in total. The first-order valence-corrected chi connectivity index (χ1v) is 14.3. The Labute approximate surface area is 236 Å². The van der Waals surface area contributed by atoms with Crippen molar-refractivity contribution in [3.8, 4) is 35.2 Å². The molecule has 3 aromatic carbocycles. The second-order valence-electron chi connectivity index (χ2n) is 11.7. The molecule has 0 bridgehead atoms. The van der Waals surface area contributed by atoms with Gasteiger partial charge in [0.15, 0.2) is 5.82 Å². The lowest BCUT2D eigenvalue weighted by Crippen LogP contribution is -2.43. The number of nitrogens with zero attached hydrogens (tertiary/aromatic N) is 3. The number of fused-ring (bicyclic) bond motifs is 3. The second kappa shape index (κ2) is 9.92. The van der Waals surface area contributed by atoms with Crippen molar-refractivity contribution in [2.75, 3.05) is 19.7 Å². The van der Waals surface area contributed by atoms with E-state index in [0.717, 1.165) is 50.6 Å². The Morgan fingerprint density at radius 1 is 1.12 bits per heavy atom. The highest BCUT2D eigenvalue weighted by Crippen LogP contribution is 2.44. The van der Waals surface area contributed by atoms with Gasteiger partial charge in [0.1, 0.15) is 29.9 Å². The van der Waals surface area contributed by atoms with Crippen LogP contribution < -0.4 is 4.74 Å². The molecule has 1 aromatic heterocycles. The number of hydrogen-bond donors (Lipinski definition) is 1. The first-order valence-electron chi connectivity index (χ1n) is 14.3. The number of terminal acetylenes is 1.